The van der Waals surface area contributed by atoms with E-state index in [1.807, 2.05) is 29.8 Å². The summed E-state index contributed by atoms with van der Waals surface area (Å²) in [6.07, 6.45) is 6.08. The van der Waals surface area contributed by atoms with Crippen molar-refractivity contribution in [2.45, 2.75) is 6.42 Å². The summed E-state index contributed by atoms with van der Waals surface area (Å²) in [7, 11) is 1.94. The van der Waals surface area contributed by atoms with Crippen LogP contribution in [-0.4, -0.2) is 26.3 Å². The molecule has 0 aliphatic carbocycles. The Hall–Kier alpha value is -2.63. The largest absolute Gasteiger partial charge is 0.398 e. The number of nitrogen functional groups attached to an aromatic ring is 1. The van der Waals surface area contributed by atoms with Gasteiger partial charge in [0.05, 0.1) is 0 Å². The Labute approximate surface area is 116 Å². The minimum Gasteiger partial charge on any atom is -0.398 e. The van der Waals surface area contributed by atoms with Gasteiger partial charge in [0.1, 0.15) is 12.2 Å². The lowest BCUT2D eigenvalue weighted by Crippen LogP contribution is -2.09. The van der Waals surface area contributed by atoms with Gasteiger partial charge < -0.3 is 15.6 Å². The second-order valence-electron chi connectivity index (χ2n) is 4.66. The van der Waals surface area contributed by atoms with Crippen LogP contribution < -0.4 is 11.1 Å². The molecule has 0 radical (unpaired) electrons. The van der Waals surface area contributed by atoms with Crippen LogP contribution in [0.25, 0.3) is 10.8 Å². The third kappa shape index (κ3) is 2.27. The number of aryl methyl sites for hydroxylation is 1. The molecule has 0 saturated carbocycles. The number of hydrogen-bond donors (Lipinski definition) is 2. The number of nitrogens with zero attached hydrogens (tertiary/aromatic N) is 4. The van der Waals surface area contributed by atoms with Crippen molar-refractivity contribution in [1.29, 1.82) is 0 Å². The number of nitrogens with one attached hydrogen (secondary N) is 1. The van der Waals surface area contributed by atoms with Crippen molar-refractivity contribution in [3.63, 3.8) is 0 Å². The molecule has 6 nitrogen and oxygen atoms in total. The highest BCUT2D eigenvalue weighted by atomic mass is 15.2. The van der Waals surface area contributed by atoms with Gasteiger partial charge >= 0.3 is 0 Å². The Balaban J connectivity index is 1.78. The monoisotopic (exact) mass is 268 g/mol. The quantitative estimate of drug-likeness (QED) is 0.702. The number of hydrogen-bond acceptors (Lipinski definition) is 5. The van der Waals surface area contributed by atoms with E-state index < -0.39 is 0 Å². The maximum absolute atomic E-state index is 5.96. The summed E-state index contributed by atoms with van der Waals surface area (Å²) in [6, 6.07) is 5.86. The summed E-state index contributed by atoms with van der Waals surface area (Å²) in [6.45, 7) is 0.786. The van der Waals surface area contributed by atoms with Gasteiger partial charge in [-0.25, -0.2) is 0 Å². The molecule has 0 unspecified atom stereocenters. The highest BCUT2D eigenvalue weighted by molar-refractivity contribution is 6.00. The van der Waals surface area contributed by atoms with Crippen LogP contribution in [0.2, 0.25) is 0 Å². The van der Waals surface area contributed by atoms with E-state index in [2.05, 4.69) is 20.5 Å². The molecule has 0 atom stereocenters. The molecule has 3 aromatic rings. The van der Waals surface area contributed by atoms with E-state index in [1.165, 1.54) is 0 Å². The molecular formula is C14H16N6. The van der Waals surface area contributed by atoms with E-state index in [-0.39, 0.29) is 0 Å². The van der Waals surface area contributed by atoms with Crippen LogP contribution in [0.15, 0.2) is 36.9 Å². The van der Waals surface area contributed by atoms with E-state index in [0.29, 0.717) is 0 Å². The fourth-order valence-corrected chi connectivity index (χ4v) is 2.21. The third-order valence-electron chi connectivity index (χ3n) is 3.32. The number of fused-ring (bicyclic) bond motifs is 1. The number of rotatable bonds is 4. The van der Waals surface area contributed by atoms with Gasteiger partial charge in [0, 0.05) is 54.6 Å². The van der Waals surface area contributed by atoms with E-state index in [0.717, 1.165) is 40.9 Å². The molecule has 3 N–H and O–H groups in total. The minimum atomic E-state index is 0.743. The van der Waals surface area contributed by atoms with Crippen LogP contribution >= 0.6 is 0 Å². The zero-order valence-corrected chi connectivity index (χ0v) is 11.2. The fourth-order valence-electron chi connectivity index (χ4n) is 2.21. The number of nitrogens with two attached hydrogens (primary N) is 1. The third-order valence-corrected chi connectivity index (χ3v) is 3.32. The zero-order chi connectivity index (χ0) is 13.9. The maximum atomic E-state index is 5.96. The second-order valence-corrected chi connectivity index (χ2v) is 4.66. The average molecular weight is 268 g/mol. The van der Waals surface area contributed by atoms with Crippen LogP contribution in [0.5, 0.6) is 0 Å². The van der Waals surface area contributed by atoms with Crippen molar-refractivity contribution in [3.05, 3.63) is 42.7 Å². The number of benzene rings is 1. The Bertz CT molecular complexity index is 733. The highest BCUT2D eigenvalue weighted by Crippen LogP contribution is 2.27. The molecule has 0 aliphatic heterocycles. The number of pyridine rings is 1. The topological polar surface area (TPSA) is 81.7 Å². The SMILES string of the molecule is Cn1cnnc1CCNc1ccc(N)c2cnccc12. The molecule has 0 fully saturated rings. The summed E-state index contributed by atoms with van der Waals surface area (Å²) >= 11 is 0. The standard InChI is InChI=1S/C14H16N6/c1-20-9-18-19-14(20)5-7-17-13-3-2-12(15)11-8-16-6-4-10(11)13/h2-4,6,8-9,17H,5,7,15H2,1H3. The molecule has 2 aromatic heterocycles. The zero-order valence-electron chi connectivity index (χ0n) is 11.2. The molecule has 0 amide bonds. The number of anilines is 2. The maximum Gasteiger partial charge on any atom is 0.134 e. The van der Waals surface area contributed by atoms with Gasteiger partial charge in [0.25, 0.3) is 0 Å². The van der Waals surface area contributed by atoms with Crippen LogP contribution in [0.1, 0.15) is 5.82 Å². The van der Waals surface area contributed by atoms with Crippen molar-refractivity contribution in [2.24, 2.45) is 7.05 Å². The van der Waals surface area contributed by atoms with E-state index in [4.69, 9.17) is 5.73 Å². The van der Waals surface area contributed by atoms with Gasteiger partial charge in [-0.15, -0.1) is 10.2 Å². The lowest BCUT2D eigenvalue weighted by Gasteiger charge is -2.10. The Morgan fingerprint density at radius 3 is 2.95 bits per heavy atom. The molecule has 3 rings (SSSR count). The lowest BCUT2D eigenvalue weighted by molar-refractivity contribution is 0.789. The van der Waals surface area contributed by atoms with Crippen LogP contribution in [0.4, 0.5) is 11.4 Å². The van der Waals surface area contributed by atoms with Crippen molar-refractivity contribution >= 4 is 22.1 Å². The normalized spacial score (nSPS) is 10.8. The van der Waals surface area contributed by atoms with E-state index >= 15 is 0 Å². The van der Waals surface area contributed by atoms with Crippen molar-refractivity contribution in [2.75, 3.05) is 17.6 Å². The van der Waals surface area contributed by atoms with Gasteiger partial charge in [0.15, 0.2) is 0 Å². The lowest BCUT2D eigenvalue weighted by atomic mass is 10.1. The summed E-state index contributed by atoms with van der Waals surface area (Å²) < 4.78 is 1.92. The van der Waals surface area contributed by atoms with E-state index in [9.17, 15) is 0 Å². The van der Waals surface area contributed by atoms with Gasteiger partial charge in [-0.05, 0) is 18.2 Å². The molecule has 6 heteroatoms. The highest BCUT2D eigenvalue weighted by Gasteiger charge is 2.05. The Kier molecular flexibility index (Phi) is 3.20. The Morgan fingerprint density at radius 2 is 2.15 bits per heavy atom. The van der Waals surface area contributed by atoms with Gasteiger partial charge in [-0.2, -0.15) is 0 Å². The molecular weight excluding hydrogens is 252 g/mol. The summed E-state index contributed by atoms with van der Waals surface area (Å²) in [5, 5.41) is 13.4. The minimum absolute atomic E-state index is 0.743. The predicted octanol–water partition coefficient (Wildman–Crippen LogP) is 1.60. The van der Waals surface area contributed by atoms with Crippen molar-refractivity contribution in [1.82, 2.24) is 19.7 Å². The summed E-state index contributed by atoms with van der Waals surface area (Å²) in [5.41, 5.74) is 7.76. The molecule has 20 heavy (non-hydrogen) atoms. The Morgan fingerprint density at radius 1 is 1.25 bits per heavy atom. The summed E-state index contributed by atoms with van der Waals surface area (Å²) in [5.74, 6) is 0.957. The number of aromatic nitrogens is 4. The van der Waals surface area contributed by atoms with E-state index in [1.54, 1.807) is 18.7 Å². The average Bonchev–Trinajstić information content (AvgIpc) is 2.87. The van der Waals surface area contributed by atoms with Crippen molar-refractivity contribution in [3.8, 4) is 0 Å². The van der Waals surface area contributed by atoms with Crippen molar-refractivity contribution < 1.29 is 0 Å². The first kappa shape index (κ1) is 12.4. The predicted molar refractivity (Wildman–Crippen MR) is 79.4 cm³/mol. The van der Waals surface area contributed by atoms with Crippen LogP contribution in [-0.2, 0) is 13.5 Å². The molecule has 2 heterocycles. The van der Waals surface area contributed by atoms with Crippen LogP contribution in [0, 0.1) is 0 Å². The summed E-state index contributed by atoms with van der Waals surface area (Å²) in [4.78, 5) is 4.12. The molecule has 0 bridgehead atoms. The first-order valence-corrected chi connectivity index (χ1v) is 6.44. The second kappa shape index (κ2) is 5.16. The van der Waals surface area contributed by atoms with Gasteiger partial charge in [-0.3, -0.25) is 4.98 Å². The molecule has 0 aliphatic rings. The molecule has 102 valence electrons. The fraction of sp³-hybridized carbons (Fsp3) is 0.214. The molecule has 0 saturated heterocycles. The first-order valence-electron chi connectivity index (χ1n) is 6.44. The first-order chi connectivity index (χ1) is 9.75. The smallest absolute Gasteiger partial charge is 0.134 e. The molecule has 0 spiro atoms. The van der Waals surface area contributed by atoms with Gasteiger partial charge in [-0.1, -0.05) is 0 Å². The van der Waals surface area contributed by atoms with Gasteiger partial charge in [0.2, 0.25) is 0 Å². The molecule has 1 aromatic carbocycles. The van der Waals surface area contributed by atoms with Crippen LogP contribution in [0.3, 0.4) is 0 Å².